The van der Waals surface area contributed by atoms with E-state index in [9.17, 15) is 18.0 Å². The highest BCUT2D eigenvalue weighted by molar-refractivity contribution is 7.90. The number of carbonyl (C=O) groups excluding carboxylic acids is 2. The Morgan fingerprint density at radius 1 is 1.19 bits per heavy atom. The maximum atomic E-state index is 12.0. The Labute approximate surface area is 128 Å². The quantitative estimate of drug-likeness (QED) is 0.759. The fraction of sp³-hybridized carbons (Fsp3) is 0.385. The Hall–Kier alpha value is -1.60. The molecule has 1 aliphatic rings. The van der Waals surface area contributed by atoms with Gasteiger partial charge in [0.05, 0.1) is 11.5 Å². The lowest BCUT2D eigenvalue weighted by molar-refractivity contribution is -0.125. The van der Waals surface area contributed by atoms with Gasteiger partial charge in [-0.15, -0.1) is 0 Å². The van der Waals surface area contributed by atoms with E-state index in [0.717, 1.165) is 4.90 Å². The number of amides is 3. The molecule has 0 spiro atoms. The summed E-state index contributed by atoms with van der Waals surface area (Å²) in [7, 11) is -1.90. The lowest BCUT2D eigenvalue weighted by atomic mass is 10.2. The summed E-state index contributed by atoms with van der Waals surface area (Å²) in [5.41, 5.74) is 0.621. The molecule has 1 aromatic rings. The van der Waals surface area contributed by atoms with Crippen molar-refractivity contribution in [3.05, 3.63) is 34.9 Å². The largest absolute Gasteiger partial charge is 0.326 e. The molecule has 0 N–H and O–H groups in total. The molecule has 114 valence electrons. The van der Waals surface area contributed by atoms with Gasteiger partial charge in [-0.05, 0) is 17.7 Å². The maximum Gasteiger partial charge on any atom is 0.326 e. The molecule has 0 radical (unpaired) electrons. The molecular weight excluding hydrogens is 316 g/mol. The average Bonchev–Trinajstić information content (AvgIpc) is 2.64. The number of halogens is 1. The van der Waals surface area contributed by atoms with E-state index in [0.29, 0.717) is 10.6 Å². The van der Waals surface area contributed by atoms with Gasteiger partial charge >= 0.3 is 6.03 Å². The fourth-order valence-corrected chi connectivity index (χ4v) is 3.46. The second-order valence-electron chi connectivity index (χ2n) is 4.90. The van der Waals surface area contributed by atoms with E-state index in [4.69, 9.17) is 11.6 Å². The van der Waals surface area contributed by atoms with Crippen molar-refractivity contribution >= 4 is 33.4 Å². The molecule has 0 aromatic heterocycles. The number of rotatable bonds is 5. The van der Waals surface area contributed by atoms with E-state index in [1.54, 1.807) is 24.3 Å². The third-order valence-electron chi connectivity index (χ3n) is 3.16. The van der Waals surface area contributed by atoms with Crippen LogP contribution < -0.4 is 0 Å². The van der Waals surface area contributed by atoms with Gasteiger partial charge in [0.1, 0.15) is 6.54 Å². The number of nitrogens with zero attached hydrogens (tertiary/aromatic N) is 2. The van der Waals surface area contributed by atoms with E-state index < -0.39 is 15.9 Å². The first kappa shape index (κ1) is 15.8. The van der Waals surface area contributed by atoms with Crippen molar-refractivity contribution < 1.29 is 18.0 Å². The molecule has 3 amide bonds. The second-order valence-corrected chi connectivity index (χ2v) is 7.52. The number of imide groups is 1. The number of sulfone groups is 1. The van der Waals surface area contributed by atoms with Crippen LogP contribution >= 0.6 is 11.6 Å². The van der Waals surface area contributed by atoms with Gasteiger partial charge in [0.15, 0.2) is 9.84 Å². The van der Waals surface area contributed by atoms with Crippen LogP contribution in [0.4, 0.5) is 4.79 Å². The highest BCUT2D eigenvalue weighted by Crippen LogP contribution is 2.13. The van der Waals surface area contributed by atoms with Crippen LogP contribution in [0, 0.1) is 0 Å². The summed E-state index contributed by atoms with van der Waals surface area (Å²) in [6, 6.07) is 6.06. The Balaban J connectivity index is 1.97. The predicted molar refractivity (Wildman–Crippen MR) is 78.7 cm³/mol. The van der Waals surface area contributed by atoms with Gasteiger partial charge in [-0.1, -0.05) is 23.7 Å². The van der Waals surface area contributed by atoms with E-state index in [1.807, 2.05) is 0 Å². The standard InChI is InChI=1S/C13H15ClN2O4S/c1-15-8-12(17)16(13(15)18)6-7-21(19,20)9-10-2-4-11(14)5-3-10/h2-5H,6-9H2,1H3. The van der Waals surface area contributed by atoms with E-state index >= 15 is 0 Å². The highest BCUT2D eigenvalue weighted by Gasteiger charge is 2.33. The van der Waals surface area contributed by atoms with Crippen molar-refractivity contribution in [3.8, 4) is 0 Å². The van der Waals surface area contributed by atoms with Gasteiger partial charge < -0.3 is 4.90 Å². The van der Waals surface area contributed by atoms with Gasteiger partial charge in [-0.25, -0.2) is 13.2 Å². The minimum Gasteiger partial charge on any atom is -0.318 e. The molecule has 21 heavy (non-hydrogen) atoms. The van der Waals surface area contributed by atoms with Crippen LogP contribution in [0.15, 0.2) is 24.3 Å². The third-order valence-corrected chi connectivity index (χ3v) is 4.99. The van der Waals surface area contributed by atoms with Gasteiger partial charge in [0.25, 0.3) is 0 Å². The molecule has 6 nitrogen and oxygen atoms in total. The summed E-state index contributed by atoms with van der Waals surface area (Å²) in [5.74, 6) is -0.763. The molecule has 0 unspecified atom stereocenters. The molecule has 0 bridgehead atoms. The third kappa shape index (κ3) is 3.95. The van der Waals surface area contributed by atoms with Gasteiger partial charge in [0, 0.05) is 18.6 Å². The lowest BCUT2D eigenvalue weighted by Gasteiger charge is -2.14. The van der Waals surface area contributed by atoms with Crippen molar-refractivity contribution in [1.82, 2.24) is 9.80 Å². The number of carbonyl (C=O) groups is 2. The molecule has 1 fully saturated rings. The number of hydrogen-bond acceptors (Lipinski definition) is 4. The predicted octanol–water partition coefficient (Wildman–Crippen LogP) is 1.15. The first-order valence-corrected chi connectivity index (χ1v) is 8.49. The van der Waals surface area contributed by atoms with E-state index in [-0.39, 0.29) is 30.5 Å². The van der Waals surface area contributed by atoms with Crippen LogP contribution in [-0.2, 0) is 20.4 Å². The van der Waals surface area contributed by atoms with Crippen LogP contribution in [-0.4, -0.2) is 56.0 Å². The minimum atomic E-state index is -3.41. The monoisotopic (exact) mass is 330 g/mol. The first-order valence-electron chi connectivity index (χ1n) is 6.29. The summed E-state index contributed by atoms with van der Waals surface area (Å²) in [6.45, 7) is -0.117. The first-order chi connectivity index (χ1) is 9.78. The zero-order valence-corrected chi connectivity index (χ0v) is 13.0. The molecule has 0 atom stereocenters. The summed E-state index contributed by atoms with van der Waals surface area (Å²) in [6.07, 6.45) is 0. The van der Waals surface area contributed by atoms with Gasteiger partial charge in [-0.2, -0.15) is 0 Å². The van der Waals surface area contributed by atoms with Crippen molar-refractivity contribution in [2.45, 2.75) is 5.75 Å². The molecule has 1 aromatic carbocycles. The number of benzene rings is 1. The van der Waals surface area contributed by atoms with Crippen LogP contribution in [0.25, 0.3) is 0 Å². The van der Waals surface area contributed by atoms with E-state index in [2.05, 4.69) is 0 Å². The fourth-order valence-electron chi connectivity index (χ4n) is 2.03. The smallest absolute Gasteiger partial charge is 0.318 e. The highest BCUT2D eigenvalue weighted by atomic mass is 35.5. The van der Waals surface area contributed by atoms with Crippen molar-refractivity contribution in [2.24, 2.45) is 0 Å². The van der Waals surface area contributed by atoms with Crippen LogP contribution in [0.3, 0.4) is 0 Å². The Morgan fingerprint density at radius 3 is 2.33 bits per heavy atom. The summed E-state index contributed by atoms with van der Waals surface area (Å²) in [5, 5.41) is 0.535. The van der Waals surface area contributed by atoms with Crippen molar-refractivity contribution in [1.29, 1.82) is 0 Å². The van der Waals surface area contributed by atoms with Crippen LogP contribution in [0.2, 0.25) is 5.02 Å². The Kier molecular flexibility index (Phi) is 4.53. The lowest BCUT2D eigenvalue weighted by Crippen LogP contribution is -2.35. The topological polar surface area (TPSA) is 74.8 Å². The molecular formula is C13H15ClN2O4S. The summed E-state index contributed by atoms with van der Waals surface area (Å²) < 4.78 is 24.1. The SMILES string of the molecule is CN1CC(=O)N(CCS(=O)(=O)Cc2ccc(Cl)cc2)C1=O. The van der Waals surface area contributed by atoms with Crippen LogP contribution in [0.5, 0.6) is 0 Å². The Bertz CT molecular complexity index is 657. The van der Waals surface area contributed by atoms with Crippen molar-refractivity contribution in [3.63, 3.8) is 0 Å². The molecule has 1 heterocycles. The normalized spacial score (nSPS) is 15.9. The molecule has 0 saturated carbocycles. The zero-order valence-electron chi connectivity index (χ0n) is 11.5. The second kappa shape index (κ2) is 6.03. The number of likely N-dealkylation sites (N-methyl/N-ethyl adjacent to an activating group) is 1. The molecule has 1 saturated heterocycles. The average molecular weight is 331 g/mol. The number of hydrogen-bond donors (Lipinski definition) is 0. The molecule has 0 aliphatic carbocycles. The van der Waals surface area contributed by atoms with Crippen LogP contribution in [0.1, 0.15) is 5.56 Å². The maximum absolute atomic E-state index is 12.0. The zero-order chi connectivity index (χ0) is 15.6. The minimum absolute atomic E-state index is 0.00390. The molecule has 2 rings (SSSR count). The van der Waals surface area contributed by atoms with Crippen molar-refractivity contribution in [2.75, 3.05) is 25.9 Å². The number of urea groups is 1. The summed E-state index contributed by atoms with van der Waals surface area (Å²) >= 11 is 5.74. The van der Waals surface area contributed by atoms with E-state index in [1.165, 1.54) is 11.9 Å². The Morgan fingerprint density at radius 2 is 1.81 bits per heavy atom. The molecule has 8 heteroatoms. The molecule has 1 aliphatic heterocycles. The van der Waals surface area contributed by atoms with Gasteiger partial charge in [0.2, 0.25) is 5.91 Å². The summed E-state index contributed by atoms with van der Waals surface area (Å²) in [4.78, 5) is 25.4. The van der Waals surface area contributed by atoms with Gasteiger partial charge in [-0.3, -0.25) is 9.69 Å².